The molecule has 1 aliphatic heterocycles. The van der Waals surface area contributed by atoms with Gasteiger partial charge in [-0.3, -0.25) is 9.69 Å². The highest BCUT2D eigenvalue weighted by atomic mass is 35.5. The third-order valence-corrected chi connectivity index (χ3v) is 3.88. The predicted molar refractivity (Wildman–Crippen MR) is 79.9 cm³/mol. The van der Waals surface area contributed by atoms with Crippen molar-refractivity contribution in [1.82, 2.24) is 9.80 Å². The summed E-state index contributed by atoms with van der Waals surface area (Å²) >= 11 is 5.87. The summed E-state index contributed by atoms with van der Waals surface area (Å²) in [6, 6.07) is 4.98. The minimum absolute atomic E-state index is 0.0146. The highest BCUT2D eigenvalue weighted by molar-refractivity contribution is 6.33. The number of carbonyl (C=O) groups excluding carboxylic acids is 1. The molecule has 6 heteroatoms. The van der Waals surface area contributed by atoms with Gasteiger partial charge in [-0.1, -0.05) is 11.6 Å². The Hall–Kier alpha value is -1.30. The van der Waals surface area contributed by atoms with Crippen LogP contribution in [0.3, 0.4) is 0 Å². The summed E-state index contributed by atoms with van der Waals surface area (Å²) in [5, 5.41) is 9.44. The summed E-state index contributed by atoms with van der Waals surface area (Å²) in [7, 11) is 0. The minimum Gasteiger partial charge on any atom is -0.398 e. The van der Waals surface area contributed by atoms with E-state index in [9.17, 15) is 4.79 Å². The van der Waals surface area contributed by atoms with Gasteiger partial charge in [-0.2, -0.15) is 0 Å². The molecule has 1 saturated heterocycles. The zero-order valence-corrected chi connectivity index (χ0v) is 12.1. The number of carbonyl (C=O) groups is 1. The summed E-state index contributed by atoms with van der Waals surface area (Å²) in [6.07, 6.45) is 0.912. The van der Waals surface area contributed by atoms with Crippen LogP contribution in [0, 0.1) is 0 Å². The van der Waals surface area contributed by atoms with Gasteiger partial charge >= 0.3 is 0 Å². The molecule has 0 atom stereocenters. The molecule has 1 fully saturated rings. The minimum atomic E-state index is -0.0146. The molecule has 0 aliphatic carbocycles. The standard InChI is InChI=1S/C14H20ClN3O2/c15-12-3-2-11(10-13(12)16)14(20)18-5-1-4-17(6-7-18)8-9-19/h2-3,10,19H,1,4-9,16H2. The summed E-state index contributed by atoms with van der Waals surface area (Å²) < 4.78 is 0. The second-order valence-electron chi connectivity index (χ2n) is 4.95. The first-order valence-electron chi connectivity index (χ1n) is 6.79. The van der Waals surface area contributed by atoms with Crippen LogP contribution in [0.25, 0.3) is 0 Å². The number of amides is 1. The number of β-amino-alcohol motifs (C(OH)–C–C–N with tert-alkyl or cyclic N) is 1. The third kappa shape index (κ3) is 3.62. The Kier molecular flexibility index (Phi) is 5.23. The lowest BCUT2D eigenvalue weighted by atomic mass is 10.1. The molecule has 2 rings (SSSR count). The lowest BCUT2D eigenvalue weighted by Gasteiger charge is -2.21. The number of aliphatic hydroxyl groups is 1. The number of hydrogen-bond acceptors (Lipinski definition) is 4. The smallest absolute Gasteiger partial charge is 0.253 e. The number of aliphatic hydroxyl groups excluding tert-OH is 1. The Labute approximate surface area is 123 Å². The number of anilines is 1. The largest absolute Gasteiger partial charge is 0.398 e. The fourth-order valence-electron chi connectivity index (χ4n) is 2.40. The van der Waals surface area contributed by atoms with Crippen molar-refractivity contribution in [3.8, 4) is 0 Å². The molecule has 0 bridgehead atoms. The van der Waals surface area contributed by atoms with Gasteiger partial charge in [-0.15, -0.1) is 0 Å². The van der Waals surface area contributed by atoms with E-state index in [1.165, 1.54) is 0 Å². The molecular weight excluding hydrogens is 278 g/mol. The van der Waals surface area contributed by atoms with Crippen molar-refractivity contribution in [3.63, 3.8) is 0 Å². The van der Waals surface area contributed by atoms with Gasteiger partial charge in [0.1, 0.15) is 0 Å². The zero-order valence-electron chi connectivity index (χ0n) is 11.4. The Morgan fingerprint density at radius 3 is 2.80 bits per heavy atom. The van der Waals surface area contributed by atoms with Gasteiger partial charge in [0.2, 0.25) is 0 Å². The number of nitrogen functional groups attached to an aromatic ring is 1. The highest BCUT2D eigenvalue weighted by Gasteiger charge is 2.20. The van der Waals surface area contributed by atoms with Crippen molar-refractivity contribution in [2.24, 2.45) is 0 Å². The fraction of sp³-hybridized carbons (Fsp3) is 0.500. The van der Waals surface area contributed by atoms with Gasteiger partial charge < -0.3 is 15.7 Å². The first kappa shape index (κ1) is 15.1. The van der Waals surface area contributed by atoms with Gasteiger partial charge in [0, 0.05) is 31.7 Å². The molecule has 0 unspecified atom stereocenters. The maximum absolute atomic E-state index is 12.4. The zero-order chi connectivity index (χ0) is 14.5. The maximum Gasteiger partial charge on any atom is 0.253 e. The van der Waals surface area contributed by atoms with E-state index in [1.807, 2.05) is 4.90 Å². The highest BCUT2D eigenvalue weighted by Crippen LogP contribution is 2.20. The fourth-order valence-corrected chi connectivity index (χ4v) is 2.52. The van der Waals surface area contributed by atoms with Crippen LogP contribution in [0.5, 0.6) is 0 Å². The number of nitrogens with two attached hydrogens (primary N) is 1. The Balaban J connectivity index is 2.03. The van der Waals surface area contributed by atoms with E-state index >= 15 is 0 Å². The van der Waals surface area contributed by atoms with E-state index < -0.39 is 0 Å². The average molecular weight is 298 g/mol. The van der Waals surface area contributed by atoms with Crippen molar-refractivity contribution in [3.05, 3.63) is 28.8 Å². The van der Waals surface area contributed by atoms with E-state index in [2.05, 4.69) is 4.90 Å². The molecule has 0 spiro atoms. The summed E-state index contributed by atoms with van der Waals surface area (Å²) in [6.45, 7) is 3.91. The van der Waals surface area contributed by atoms with E-state index in [-0.39, 0.29) is 12.5 Å². The van der Waals surface area contributed by atoms with E-state index in [1.54, 1.807) is 18.2 Å². The van der Waals surface area contributed by atoms with E-state index in [0.29, 0.717) is 29.4 Å². The van der Waals surface area contributed by atoms with Crippen molar-refractivity contribution >= 4 is 23.2 Å². The Morgan fingerprint density at radius 2 is 2.10 bits per heavy atom. The molecule has 0 aromatic heterocycles. The molecule has 5 nitrogen and oxygen atoms in total. The number of nitrogens with zero attached hydrogens (tertiary/aromatic N) is 2. The molecule has 1 aromatic carbocycles. The quantitative estimate of drug-likeness (QED) is 0.819. The first-order valence-corrected chi connectivity index (χ1v) is 7.17. The van der Waals surface area contributed by atoms with Gasteiger partial charge in [-0.25, -0.2) is 0 Å². The molecule has 0 saturated carbocycles. The number of halogens is 1. The van der Waals surface area contributed by atoms with Gasteiger partial charge in [-0.05, 0) is 31.2 Å². The van der Waals surface area contributed by atoms with Crippen molar-refractivity contribution < 1.29 is 9.90 Å². The summed E-state index contributed by atoms with van der Waals surface area (Å²) in [4.78, 5) is 16.4. The van der Waals surface area contributed by atoms with Crippen molar-refractivity contribution in [2.75, 3.05) is 45.1 Å². The van der Waals surface area contributed by atoms with Crippen LogP contribution in [-0.4, -0.2) is 60.1 Å². The van der Waals surface area contributed by atoms with Crippen LogP contribution in [0.4, 0.5) is 5.69 Å². The van der Waals surface area contributed by atoms with Crippen molar-refractivity contribution in [1.29, 1.82) is 0 Å². The topological polar surface area (TPSA) is 69.8 Å². The number of rotatable bonds is 3. The molecule has 1 heterocycles. The van der Waals surface area contributed by atoms with Crippen LogP contribution in [0.15, 0.2) is 18.2 Å². The van der Waals surface area contributed by atoms with E-state index in [0.717, 1.165) is 26.1 Å². The Bertz CT molecular complexity index is 481. The van der Waals surface area contributed by atoms with Crippen LogP contribution in [0.1, 0.15) is 16.8 Å². The molecule has 1 aliphatic rings. The average Bonchev–Trinajstić information content (AvgIpc) is 2.67. The molecule has 20 heavy (non-hydrogen) atoms. The van der Waals surface area contributed by atoms with Gasteiger partial charge in [0.05, 0.1) is 17.3 Å². The third-order valence-electron chi connectivity index (χ3n) is 3.53. The summed E-state index contributed by atoms with van der Waals surface area (Å²) in [5.74, 6) is -0.0146. The van der Waals surface area contributed by atoms with Crippen LogP contribution >= 0.6 is 11.6 Å². The van der Waals surface area contributed by atoms with Gasteiger partial charge in [0.25, 0.3) is 5.91 Å². The van der Waals surface area contributed by atoms with Crippen molar-refractivity contribution in [2.45, 2.75) is 6.42 Å². The first-order chi connectivity index (χ1) is 9.61. The number of hydrogen-bond donors (Lipinski definition) is 2. The lowest BCUT2D eigenvalue weighted by molar-refractivity contribution is 0.0760. The molecule has 0 radical (unpaired) electrons. The molecular formula is C14H20ClN3O2. The molecule has 3 N–H and O–H groups in total. The molecule has 1 aromatic rings. The molecule has 110 valence electrons. The van der Waals surface area contributed by atoms with Crippen LogP contribution < -0.4 is 5.73 Å². The lowest BCUT2D eigenvalue weighted by Crippen LogP contribution is -2.35. The second kappa shape index (κ2) is 6.92. The monoisotopic (exact) mass is 297 g/mol. The summed E-state index contributed by atoms with van der Waals surface area (Å²) in [5.41, 5.74) is 6.74. The SMILES string of the molecule is Nc1cc(C(=O)N2CCCN(CCO)CC2)ccc1Cl. The second-order valence-corrected chi connectivity index (χ2v) is 5.35. The molecule has 1 amide bonds. The van der Waals surface area contributed by atoms with Gasteiger partial charge in [0.15, 0.2) is 0 Å². The normalized spacial score (nSPS) is 17.0. The maximum atomic E-state index is 12.4. The Morgan fingerprint density at radius 1 is 1.30 bits per heavy atom. The van der Waals surface area contributed by atoms with Crippen LogP contribution in [-0.2, 0) is 0 Å². The predicted octanol–water partition coefficient (Wildman–Crippen LogP) is 1.06. The van der Waals surface area contributed by atoms with E-state index in [4.69, 9.17) is 22.4 Å². The van der Waals surface area contributed by atoms with Crippen LogP contribution in [0.2, 0.25) is 5.02 Å². The number of benzene rings is 1.